The van der Waals surface area contributed by atoms with Gasteiger partial charge in [-0.3, -0.25) is 0 Å². The van der Waals surface area contributed by atoms with E-state index in [9.17, 15) is 13.6 Å². The van der Waals surface area contributed by atoms with E-state index >= 15 is 0 Å². The van der Waals surface area contributed by atoms with Crippen LogP contribution in [0.25, 0.3) is 0 Å². The fraction of sp³-hybridized carbons (Fsp3) is 0.889. The Hall–Kier alpha value is -0.380. The molecule has 1 atom stereocenters. The van der Waals surface area contributed by atoms with Crippen molar-refractivity contribution in [3.05, 3.63) is 0 Å². The molecule has 0 aliphatic carbocycles. The smallest absolute Gasteiger partial charge is 0.417 e. The molecule has 0 bridgehead atoms. The van der Waals surface area contributed by atoms with E-state index in [1.54, 1.807) is 27.7 Å². The zero-order chi connectivity index (χ0) is 11.6. The number of carbonyl (C=O) groups excluding carboxylic acids is 1. The third kappa shape index (κ3) is 4.22. The number of rotatable bonds is 3. The van der Waals surface area contributed by atoms with Gasteiger partial charge in [0, 0.05) is 0 Å². The molecule has 0 saturated carbocycles. The van der Waals surface area contributed by atoms with Crippen molar-refractivity contribution in [1.82, 2.24) is 0 Å². The fourth-order valence-corrected chi connectivity index (χ4v) is 1.11. The van der Waals surface area contributed by atoms with E-state index in [-0.39, 0.29) is 5.41 Å². The average molecular weight is 229 g/mol. The molecule has 0 heterocycles. The van der Waals surface area contributed by atoms with Gasteiger partial charge in [-0.05, 0) is 23.4 Å². The van der Waals surface area contributed by atoms with Gasteiger partial charge < -0.3 is 4.74 Å². The number of ether oxygens (including phenoxy) is 1. The van der Waals surface area contributed by atoms with Crippen LogP contribution in [0.1, 0.15) is 34.1 Å². The molecule has 14 heavy (non-hydrogen) atoms. The minimum atomic E-state index is -3.93. The molecule has 0 aromatic rings. The van der Waals surface area contributed by atoms with Crippen molar-refractivity contribution in [2.24, 2.45) is 5.41 Å². The molecule has 1 unspecified atom stereocenters. The molecule has 0 spiro atoms. The summed E-state index contributed by atoms with van der Waals surface area (Å²) in [6.07, 6.45) is -0.0815. The first kappa shape index (κ1) is 13.6. The van der Waals surface area contributed by atoms with E-state index in [0.717, 1.165) is 0 Å². The summed E-state index contributed by atoms with van der Waals surface area (Å²) in [4.78, 5) is 10.8. The number of hydrogen-bond donors (Lipinski definition) is 0. The minimum Gasteiger partial charge on any atom is -0.456 e. The quantitative estimate of drug-likeness (QED) is 0.548. The molecule has 0 aromatic heterocycles. The van der Waals surface area contributed by atoms with Crippen LogP contribution in [-0.4, -0.2) is 17.5 Å². The van der Waals surface area contributed by atoms with E-state index in [4.69, 9.17) is 0 Å². The molecule has 0 fully saturated rings. The van der Waals surface area contributed by atoms with Crippen molar-refractivity contribution in [1.29, 1.82) is 0 Å². The number of hydrogen-bond acceptors (Lipinski definition) is 2. The highest BCUT2D eigenvalue weighted by atomic mass is 35.5. The van der Waals surface area contributed by atoms with Gasteiger partial charge in [-0.15, -0.1) is 0 Å². The third-order valence-electron chi connectivity index (χ3n) is 1.82. The summed E-state index contributed by atoms with van der Waals surface area (Å²) in [6, 6.07) is 0. The Kier molecular flexibility index (Phi) is 4.31. The average Bonchev–Trinajstić information content (AvgIpc) is 1.95. The molecule has 0 rings (SSSR count). The predicted molar refractivity (Wildman–Crippen MR) is 50.4 cm³/mol. The van der Waals surface area contributed by atoms with Gasteiger partial charge in [0.05, 0.1) is 0 Å². The van der Waals surface area contributed by atoms with Crippen LogP contribution in [0, 0.1) is 5.41 Å². The van der Waals surface area contributed by atoms with E-state index in [1.807, 2.05) is 0 Å². The number of esters is 1. The maximum atomic E-state index is 12.3. The molecule has 0 aliphatic heterocycles. The molecule has 0 radical (unpaired) electrons. The molecule has 84 valence electrons. The third-order valence-corrected chi connectivity index (χ3v) is 1.97. The van der Waals surface area contributed by atoms with Crippen LogP contribution in [0.5, 0.6) is 0 Å². The standard InChI is InChI=1S/C9H15ClF2O2/c1-5-6(8(2,3)4)14-7(13)9(10,11)12/h6H,5H2,1-4H3. The van der Waals surface area contributed by atoms with Gasteiger partial charge in [0.2, 0.25) is 0 Å². The van der Waals surface area contributed by atoms with Crippen LogP contribution >= 0.6 is 11.6 Å². The summed E-state index contributed by atoms with van der Waals surface area (Å²) in [5.41, 5.74) is -0.369. The largest absolute Gasteiger partial charge is 0.456 e. The lowest BCUT2D eigenvalue weighted by Gasteiger charge is -2.29. The lowest BCUT2D eigenvalue weighted by Crippen LogP contribution is -2.36. The maximum Gasteiger partial charge on any atom is 0.417 e. The van der Waals surface area contributed by atoms with Crippen LogP contribution in [0.4, 0.5) is 8.78 Å². The van der Waals surface area contributed by atoms with Crippen molar-refractivity contribution in [3.63, 3.8) is 0 Å². The molecule has 0 N–H and O–H groups in total. The molecular weight excluding hydrogens is 214 g/mol. The molecule has 5 heteroatoms. The summed E-state index contributed by atoms with van der Waals surface area (Å²) in [7, 11) is 0. The molecular formula is C9H15ClF2O2. The van der Waals surface area contributed by atoms with Crippen LogP contribution < -0.4 is 0 Å². The summed E-state index contributed by atoms with van der Waals surface area (Å²) >= 11 is 4.53. The summed E-state index contributed by atoms with van der Waals surface area (Å²) in [5.74, 6) is -1.68. The highest BCUT2D eigenvalue weighted by Crippen LogP contribution is 2.28. The van der Waals surface area contributed by atoms with Crippen molar-refractivity contribution < 1.29 is 18.3 Å². The number of carbonyl (C=O) groups is 1. The van der Waals surface area contributed by atoms with Crippen LogP contribution in [0.3, 0.4) is 0 Å². The highest BCUT2D eigenvalue weighted by Gasteiger charge is 2.41. The van der Waals surface area contributed by atoms with E-state index < -0.39 is 17.5 Å². The number of halogens is 3. The van der Waals surface area contributed by atoms with Crippen molar-refractivity contribution in [3.8, 4) is 0 Å². The van der Waals surface area contributed by atoms with Gasteiger partial charge in [-0.2, -0.15) is 8.78 Å². The van der Waals surface area contributed by atoms with Crippen LogP contribution in [-0.2, 0) is 9.53 Å². The van der Waals surface area contributed by atoms with Crippen molar-refractivity contribution >= 4 is 17.6 Å². The molecule has 0 aliphatic rings. The monoisotopic (exact) mass is 228 g/mol. The molecule has 0 amide bonds. The molecule has 0 saturated heterocycles. The normalized spacial score (nSPS) is 15.1. The van der Waals surface area contributed by atoms with Gasteiger partial charge in [0.25, 0.3) is 0 Å². The molecule has 2 nitrogen and oxygen atoms in total. The Bertz CT molecular complexity index is 206. The van der Waals surface area contributed by atoms with Crippen molar-refractivity contribution in [2.45, 2.75) is 45.6 Å². The molecule has 0 aromatic carbocycles. The Morgan fingerprint density at radius 3 is 2.07 bits per heavy atom. The topological polar surface area (TPSA) is 26.3 Å². The second-order valence-electron chi connectivity index (χ2n) is 4.17. The summed E-state index contributed by atoms with van der Waals surface area (Å²) in [5, 5.41) is -3.93. The Labute approximate surface area is 87.6 Å². The highest BCUT2D eigenvalue weighted by molar-refractivity contribution is 6.31. The summed E-state index contributed by atoms with van der Waals surface area (Å²) < 4.78 is 29.2. The zero-order valence-corrected chi connectivity index (χ0v) is 9.49. The first-order valence-corrected chi connectivity index (χ1v) is 4.74. The van der Waals surface area contributed by atoms with Crippen molar-refractivity contribution in [2.75, 3.05) is 0 Å². The Morgan fingerprint density at radius 2 is 1.86 bits per heavy atom. The van der Waals surface area contributed by atoms with Gasteiger partial charge >= 0.3 is 11.4 Å². The van der Waals surface area contributed by atoms with Gasteiger partial charge in [0.15, 0.2) is 0 Å². The van der Waals surface area contributed by atoms with E-state index in [2.05, 4.69) is 16.3 Å². The Balaban J connectivity index is 4.43. The first-order valence-electron chi connectivity index (χ1n) is 4.36. The lowest BCUT2D eigenvalue weighted by atomic mass is 9.87. The van der Waals surface area contributed by atoms with Gasteiger partial charge in [-0.25, -0.2) is 4.79 Å². The minimum absolute atomic E-state index is 0.369. The zero-order valence-electron chi connectivity index (χ0n) is 8.73. The predicted octanol–water partition coefficient (Wildman–Crippen LogP) is 3.19. The maximum absolute atomic E-state index is 12.3. The Morgan fingerprint density at radius 1 is 1.43 bits per heavy atom. The van der Waals surface area contributed by atoms with E-state index in [1.165, 1.54) is 0 Å². The first-order chi connectivity index (χ1) is 6.09. The number of alkyl halides is 3. The second-order valence-corrected chi connectivity index (χ2v) is 4.64. The second kappa shape index (κ2) is 4.43. The van der Waals surface area contributed by atoms with Crippen LogP contribution in [0.2, 0.25) is 0 Å². The van der Waals surface area contributed by atoms with E-state index in [0.29, 0.717) is 6.42 Å². The lowest BCUT2D eigenvalue weighted by molar-refractivity contribution is -0.172. The summed E-state index contributed by atoms with van der Waals surface area (Å²) in [6.45, 7) is 7.18. The van der Waals surface area contributed by atoms with Gasteiger partial charge in [0.1, 0.15) is 6.10 Å². The SMILES string of the molecule is CCC(OC(=O)C(F)(F)Cl)C(C)(C)C. The van der Waals surface area contributed by atoms with Crippen LogP contribution in [0.15, 0.2) is 0 Å². The van der Waals surface area contributed by atoms with Gasteiger partial charge in [-0.1, -0.05) is 27.7 Å². The fourth-order valence-electron chi connectivity index (χ4n) is 1.07.